The van der Waals surface area contributed by atoms with Gasteiger partial charge in [-0.25, -0.2) is 0 Å². The molecule has 2 aliphatic heterocycles. The lowest BCUT2D eigenvalue weighted by molar-refractivity contribution is -0.124. The number of hydrogen-bond acceptors (Lipinski definition) is 4. The van der Waals surface area contributed by atoms with E-state index < -0.39 is 6.10 Å². The lowest BCUT2D eigenvalue weighted by Gasteiger charge is -2.35. The first kappa shape index (κ1) is 21.5. The highest BCUT2D eigenvalue weighted by atomic mass is 16.5. The summed E-state index contributed by atoms with van der Waals surface area (Å²) >= 11 is 0. The minimum Gasteiger partial charge on any atom is -0.368 e. The van der Waals surface area contributed by atoms with Crippen molar-refractivity contribution >= 4 is 17.5 Å². The van der Waals surface area contributed by atoms with E-state index in [-0.39, 0.29) is 11.8 Å². The van der Waals surface area contributed by atoms with Gasteiger partial charge < -0.3 is 15.4 Å². The van der Waals surface area contributed by atoms with Gasteiger partial charge in [0.2, 0.25) is 0 Å². The third-order valence-electron chi connectivity index (χ3n) is 6.26. The van der Waals surface area contributed by atoms with E-state index in [1.165, 1.54) is 11.1 Å². The molecule has 4 rings (SSSR count). The summed E-state index contributed by atoms with van der Waals surface area (Å²) in [6.45, 7) is 5.33. The first-order valence-corrected chi connectivity index (χ1v) is 11.3. The molecule has 2 N–H and O–H groups in total. The molecule has 1 fully saturated rings. The van der Waals surface area contributed by atoms with Gasteiger partial charge in [0.05, 0.1) is 0 Å². The molecule has 0 saturated carbocycles. The third kappa shape index (κ3) is 5.32. The molecule has 0 spiro atoms. The fourth-order valence-electron chi connectivity index (χ4n) is 4.42. The molecule has 0 aliphatic carbocycles. The molecule has 0 radical (unpaired) electrons. The van der Waals surface area contributed by atoms with E-state index in [1.807, 2.05) is 0 Å². The van der Waals surface area contributed by atoms with Crippen molar-refractivity contribution in [3.05, 3.63) is 65.2 Å². The summed E-state index contributed by atoms with van der Waals surface area (Å²) in [5, 5.41) is 5.95. The Morgan fingerprint density at radius 1 is 1.16 bits per heavy atom. The van der Waals surface area contributed by atoms with Crippen LogP contribution in [0.3, 0.4) is 0 Å². The molecule has 2 unspecified atom stereocenters. The van der Waals surface area contributed by atoms with Gasteiger partial charge in [0, 0.05) is 43.5 Å². The summed E-state index contributed by atoms with van der Waals surface area (Å²) in [5.41, 5.74) is 3.98. The smallest absolute Gasteiger partial charge is 0.253 e. The van der Waals surface area contributed by atoms with Gasteiger partial charge >= 0.3 is 0 Å². The van der Waals surface area contributed by atoms with Gasteiger partial charge in [-0.2, -0.15) is 0 Å². The maximum atomic E-state index is 12.8. The quantitative estimate of drug-likeness (QED) is 0.719. The van der Waals surface area contributed by atoms with Crippen molar-refractivity contribution < 1.29 is 14.3 Å². The molecule has 6 heteroatoms. The Morgan fingerprint density at radius 2 is 2.00 bits per heavy atom. The van der Waals surface area contributed by atoms with Gasteiger partial charge in [-0.15, -0.1) is 0 Å². The summed E-state index contributed by atoms with van der Waals surface area (Å²) < 4.78 is 5.43. The van der Waals surface area contributed by atoms with Crippen LogP contribution in [0.1, 0.15) is 47.7 Å². The molecule has 2 amide bonds. The largest absolute Gasteiger partial charge is 0.368 e. The zero-order valence-electron chi connectivity index (χ0n) is 18.1. The van der Waals surface area contributed by atoms with Gasteiger partial charge in [0.15, 0.2) is 0 Å². The van der Waals surface area contributed by atoms with Gasteiger partial charge in [-0.3, -0.25) is 14.5 Å². The number of hydrogen-bond donors (Lipinski definition) is 2. The van der Waals surface area contributed by atoms with Crippen molar-refractivity contribution in [2.45, 2.75) is 51.3 Å². The number of rotatable bonds is 7. The zero-order valence-corrected chi connectivity index (χ0v) is 18.1. The van der Waals surface area contributed by atoms with E-state index in [4.69, 9.17) is 4.74 Å². The second kappa shape index (κ2) is 10.1. The summed E-state index contributed by atoms with van der Waals surface area (Å²) in [5.74, 6) is -0.268. The number of carbonyl (C=O) groups is 2. The first-order chi connectivity index (χ1) is 15.1. The Balaban J connectivity index is 1.33. The van der Waals surface area contributed by atoms with Crippen LogP contribution < -0.4 is 10.6 Å². The Bertz CT molecular complexity index is 924. The highest BCUT2D eigenvalue weighted by Crippen LogP contribution is 2.21. The molecule has 164 valence electrons. The van der Waals surface area contributed by atoms with Crippen molar-refractivity contribution in [1.29, 1.82) is 0 Å². The van der Waals surface area contributed by atoms with E-state index in [0.29, 0.717) is 30.4 Å². The Morgan fingerprint density at radius 3 is 2.77 bits per heavy atom. The average Bonchev–Trinajstić information content (AvgIpc) is 3.35. The van der Waals surface area contributed by atoms with Gasteiger partial charge in [-0.05, 0) is 55.0 Å². The fourth-order valence-corrected chi connectivity index (χ4v) is 4.42. The van der Waals surface area contributed by atoms with Crippen LogP contribution in [0, 0.1) is 0 Å². The minimum atomic E-state index is -0.391. The third-order valence-corrected chi connectivity index (χ3v) is 6.26. The molecule has 0 bridgehead atoms. The summed E-state index contributed by atoms with van der Waals surface area (Å²) in [7, 11) is 0. The predicted octanol–water partition coefficient (Wildman–Crippen LogP) is 3.37. The lowest BCUT2D eigenvalue weighted by atomic mass is 9.98. The molecule has 0 aromatic heterocycles. The minimum absolute atomic E-state index is 0.121. The van der Waals surface area contributed by atoms with E-state index in [2.05, 4.69) is 46.7 Å². The van der Waals surface area contributed by atoms with Crippen molar-refractivity contribution in [3.8, 4) is 0 Å². The van der Waals surface area contributed by atoms with Gasteiger partial charge in [0.1, 0.15) is 6.10 Å². The molecule has 2 aromatic carbocycles. The number of benzene rings is 2. The van der Waals surface area contributed by atoms with Crippen LogP contribution in [0.15, 0.2) is 48.5 Å². The van der Waals surface area contributed by atoms with Gasteiger partial charge in [-0.1, -0.05) is 37.3 Å². The number of fused-ring (bicyclic) bond motifs is 1. The van der Waals surface area contributed by atoms with E-state index >= 15 is 0 Å². The molecule has 1 saturated heterocycles. The van der Waals surface area contributed by atoms with E-state index in [1.54, 1.807) is 24.3 Å². The number of amides is 2. The highest BCUT2D eigenvalue weighted by molar-refractivity contribution is 5.98. The second-order valence-electron chi connectivity index (χ2n) is 8.33. The zero-order chi connectivity index (χ0) is 21.6. The number of nitrogens with one attached hydrogen (secondary N) is 2. The monoisotopic (exact) mass is 421 g/mol. The topological polar surface area (TPSA) is 70.7 Å². The molecule has 31 heavy (non-hydrogen) atoms. The lowest BCUT2D eigenvalue weighted by Crippen LogP contribution is -2.45. The Kier molecular flexibility index (Phi) is 6.99. The standard InChI is InChI=1S/C25H31N3O3/c1-2-22(28-13-12-18-7-3-4-8-20(18)17-28)16-26-24(29)19-9-5-10-21(15-19)27-25(30)23-11-6-14-31-23/h3-5,7-10,15,22-23H,2,6,11-14,16-17H2,1H3,(H,26,29)(H,27,30). The average molecular weight is 422 g/mol. The maximum Gasteiger partial charge on any atom is 0.253 e. The molecule has 2 heterocycles. The van der Waals surface area contributed by atoms with Crippen molar-refractivity contribution in [2.24, 2.45) is 0 Å². The van der Waals surface area contributed by atoms with Crippen LogP contribution in [0.5, 0.6) is 0 Å². The second-order valence-corrected chi connectivity index (χ2v) is 8.33. The van der Waals surface area contributed by atoms with Crippen LogP contribution in [0.2, 0.25) is 0 Å². The molecule has 2 atom stereocenters. The van der Waals surface area contributed by atoms with Crippen molar-refractivity contribution in [1.82, 2.24) is 10.2 Å². The highest BCUT2D eigenvalue weighted by Gasteiger charge is 2.24. The van der Waals surface area contributed by atoms with Crippen LogP contribution in [-0.4, -0.2) is 48.6 Å². The summed E-state index contributed by atoms with van der Waals surface area (Å²) in [6, 6.07) is 16.0. The molecular weight excluding hydrogens is 390 g/mol. The molecule has 6 nitrogen and oxygen atoms in total. The Labute approximate surface area is 184 Å². The van der Waals surface area contributed by atoms with Crippen molar-refractivity contribution in [2.75, 3.05) is 25.0 Å². The van der Waals surface area contributed by atoms with Gasteiger partial charge in [0.25, 0.3) is 11.8 Å². The van der Waals surface area contributed by atoms with Crippen molar-refractivity contribution in [3.63, 3.8) is 0 Å². The van der Waals surface area contributed by atoms with Crippen LogP contribution in [-0.2, 0) is 22.5 Å². The van der Waals surface area contributed by atoms with Crippen LogP contribution in [0.4, 0.5) is 5.69 Å². The van der Waals surface area contributed by atoms with Crippen LogP contribution >= 0.6 is 0 Å². The number of nitrogens with zero attached hydrogens (tertiary/aromatic N) is 1. The van der Waals surface area contributed by atoms with E-state index in [9.17, 15) is 9.59 Å². The number of ether oxygens (including phenoxy) is 1. The van der Waals surface area contributed by atoms with Crippen LogP contribution in [0.25, 0.3) is 0 Å². The Hall–Kier alpha value is -2.70. The SMILES string of the molecule is CCC(CNC(=O)c1cccc(NC(=O)C2CCCO2)c1)N1CCc2ccccc2C1. The normalized spacial score (nSPS) is 19.5. The summed E-state index contributed by atoms with van der Waals surface area (Å²) in [6.07, 6.45) is 3.28. The molecule has 2 aromatic rings. The first-order valence-electron chi connectivity index (χ1n) is 11.3. The maximum absolute atomic E-state index is 12.8. The number of carbonyl (C=O) groups excluding carboxylic acids is 2. The number of anilines is 1. The molecular formula is C25H31N3O3. The molecule has 2 aliphatic rings. The fraction of sp³-hybridized carbons (Fsp3) is 0.440. The predicted molar refractivity (Wildman–Crippen MR) is 121 cm³/mol. The van der Waals surface area contributed by atoms with E-state index in [0.717, 1.165) is 38.8 Å². The summed E-state index contributed by atoms with van der Waals surface area (Å²) in [4.78, 5) is 27.5.